The minimum absolute atomic E-state index is 0.741. The predicted octanol–water partition coefficient (Wildman–Crippen LogP) is 3.11. The van der Waals surface area contributed by atoms with Crippen LogP contribution in [0.4, 0.5) is 5.69 Å². The zero-order valence-corrected chi connectivity index (χ0v) is 9.70. The van der Waals surface area contributed by atoms with E-state index in [0.29, 0.717) is 0 Å². The molecule has 1 saturated heterocycles. The fourth-order valence-electron chi connectivity index (χ4n) is 1.88. The van der Waals surface area contributed by atoms with Crippen molar-refractivity contribution in [3.8, 4) is 0 Å². The van der Waals surface area contributed by atoms with Gasteiger partial charge in [0.1, 0.15) is 11.5 Å². The van der Waals surface area contributed by atoms with Crippen LogP contribution in [0, 0.1) is 0 Å². The summed E-state index contributed by atoms with van der Waals surface area (Å²) in [5.41, 5.74) is 2.55. The van der Waals surface area contributed by atoms with Crippen molar-refractivity contribution >= 4 is 5.69 Å². The van der Waals surface area contributed by atoms with Crippen molar-refractivity contribution in [3.63, 3.8) is 0 Å². The summed E-state index contributed by atoms with van der Waals surface area (Å²) in [5, 5.41) is 0. The van der Waals surface area contributed by atoms with E-state index in [9.17, 15) is 0 Å². The number of morpholine rings is 1. The van der Waals surface area contributed by atoms with E-state index in [-0.39, 0.29) is 0 Å². The van der Waals surface area contributed by atoms with Crippen LogP contribution in [0.15, 0.2) is 48.9 Å². The maximum Gasteiger partial charge on any atom is 0.116 e. The first-order valence-electron chi connectivity index (χ1n) is 5.56. The van der Waals surface area contributed by atoms with Gasteiger partial charge < -0.3 is 9.64 Å². The van der Waals surface area contributed by atoms with E-state index >= 15 is 0 Å². The smallest absolute Gasteiger partial charge is 0.116 e. The Labute approximate surface area is 96.8 Å². The van der Waals surface area contributed by atoms with Crippen LogP contribution in [0.3, 0.4) is 0 Å². The number of ether oxygens (including phenoxy) is 1. The molecule has 0 amide bonds. The van der Waals surface area contributed by atoms with Gasteiger partial charge >= 0.3 is 0 Å². The van der Waals surface area contributed by atoms with Crippen molar-refractivity contribution in [3.05, 3.63) is 54.5 Å². The van der Waals surface area contributed by atoms with Gasteiger partial charge in [-0.3, -0.25) is 0 Å². The maximum absolute atomic E-state index is 5.35. The highest BCUT2D eigenvalue weighted by molar-refractivity contribution is 5.50. The van der Waals surface area contributed by atoms with Crippen molar-refractivity contribution in [1.29, 1.82) is 0 Å². The molecule has 1 aromatic carbocycles. The topological polar surface area (TPSA) is 12.5 Å². The molecule has 0 saturated carbocycles. The molecule has 84 valence electrons. The number of benzene rings is 1. The average Bonchev–Trinajstić information content (AvgIpc) is 2.28. The summed E-state index contributed by atoms with van der Waals surface area (Å²) in [5.74, 6) is 1.52. The predicted molar refractivity (Wildman–Crippen MR) is 67.4 cm³/mol. The molecule has 1 fully saturated rings. The van der Waals surface area contributed by atoms with Crippen molar-refractivity contribution in [2.45, 2.75) is 13.3 Å². The Morgan fingerprint density at radius 2 is 1.69 bits per heavy atom. The van der Waals surface area contributed by atoms with E-state index in [4.69, 9.17) is 4.74 Å². The Hall–Kier alpha value is -1.70. The number of rotatable bonds is 2. The Balaban J connectivity index is 2.16. The van der Waals surface area contributed by atoms with Crippen LogP contribution in [0.2, 0.25) is 0 Å². The van der Waals surface area contributed by atoms with Crippen molar-refractivity contribution in [1.82, 2.24) is 0 Å². The lowest BCUT2D eigenvalue weighted by Gasteiger charge is -2.31. The summed E-state index contributed by atoms with van der Waals surface area (Å²) in [6.07, 6.45) is 1.07. The molecule has 16 heavy (non-hydrogen) atoms. The molecule has 2 heteroatoms. The Morgan fingerprint density at radius 3 is 2.19 bits per heavy atom. The standard InChI is InChI=1S/C14H17NO/c1-4-13-5-7-14(8-6-13)15-9-11(2)16-12(3)10-15/h5-8H,2-4,9-10H2,1H3. The number of hydrogen-bond donors (Lipinski definition) is 0. The van der Waals surface area contributed by atoms with Crippen LogP contribution >= 0.6 is 0 Å². The first-order chi connectivity index (χ1) is 7.69. The molecule has 1 aliphatic rings. The Kier molecular flexibility index (Phi) is 3.00. The van der Waals surface area contributed by atoms with Crippen molar-refractivity contribution in [2.24, 2.45) is 0 Å². The van der Waals surface area contributed by atoms with Crippen LogP contribution in [0.5, 0.6) is 0 Å². The van der Waals surface area contributed by atoms with E-state index in [2.05, 4.69) is 49.2 Å². The molecule has 0 bridgehead atoms. The lowest BCUT2D eigenvalue weighted by atomic mass is 10.1. The minimum Gasteiger partial charge on any atom is -0.464 e. The Bertz CT molecular complexity index is 389. The summed E-state index contributed by atoms with van der Waals surface area (Å²) in [4.78, 5) is 2.22. The summed E-state index contributed by atoms with van der Waals surface area (Å²) in [6, 6.07) is 8.61. The number of aryl methyl sites for hydroxylation is 1. The van der Waals surface area contributed by atoms with E-state index in [0.717, 1.165) is 31.0 Å². The highest BCUT2D eigenvalue weighted by Gasteiger charge is 2.16. The number of anilines is 1. The molecular formula is C14H17NO. The van der Waals surface area contributed by atoms with Gasteiger partial charge in [-0.1, -0.05) is 32.2 Å². The van der Waals surface area contributed by atoms with Crippen LogP contribution in [0.1, 0.15) is 12.5 Å². The molecular weight excluding hydrogens is 198 g/mol. The fourth-order valence-corrected chi connectivity index (χ4v) is 1.88. The molecule has 2 nitrogen and oxygen atoms in total. The van der Waals surface area contributed by atoms with Gasteiger partial charge in [-0.25, -0.2) is 0 Å². The van der Waals surface area contributed by atoms with Gasteiger partial charge in [0.05, 0.1) is 13.1 Å². The highest BCUT2D eigenvalue weighted by Crippen LogP contribution is 2.22. The summed E-state index contributed by atoms with van der Waals surface area (Å²) in [7, 11) is 0. The number of nitrogens with zero attached hydrogens (tertiary/aromatic N) is 1. The average molecular weight is 215 g/mol. The normalized spacial score (nSPS) is 16.2. The van der Waals surface area contributed by atoms with E-state index < -0.39 is 0 Å². The third kappa shape index (κ3) is 2.27. The molecule has 0 aliphatic carbocycles. The zero-order chi connectivity index (χ0) is 11.5. The molecule has 2 rings (SSSR count). The summed E-state index contributed by atoms with van der Waals surface area (Å²) < 4.78 is 5.35. The van der Waals surface area contributed by atoms with Crippen LogP contribution in [0.25, 0.3) is 0 Å². The molecule has 0 atom stereocenters. The fraction of sp³-hybridized carbons (Fsp3) is 0.286. The second-order valence-electron chi connectivity index (χ2n) is 4.06. The maximum atomic E-state index is 5.35. The van der Waals surface area contributed by atoms with E-state index in [1.165, 1.54) is 11.3 Å². The first kappa shape index (κ1) is 10.8. The van der Waals surface area contributed by atoms with Gasteiger partial charge in [-0.2, -0.15) is 0 Å². The third-order valence-corrected chi connectivity index (χ3v) is 2.73. The van der Waals surface area contributed by atoms with Crippen LogP contribution in [-0.2, 0) is 11.2 Å². The third-order valence-electron chi connectivity index (χ3n) is 2.73. The van der Waals surface area contributed by atoms with Crippen molar-refractivity contribution < 1.29 is 4.74 Å². The summed E-state index contributed by atoms with van der Waals surface area (Å²) >= 11 is 0. The molecule has 0 spiro atoms. The van der Waals surface area contributed by atoms with Crippen molar-refractivity contribution in [2.75, 3.05) is 18.0 Å². The molecule has 0 N–H and O–H groups in total. The van der Waals surface area contributed by atoms with Crippen LogP contribution < -0.4 is 4.90 Å². The molecule has 0 unspecified atom stereocenters. The quantitative estimate of drug-likeness (QED) is 0.751. The monoisotopic (exact) mass is 215 g/mol. The molecule has 1 aromatic rings. The van der Waals surface area contributed by atoms with Gasteiger partial charge in [0.15, 0.2) is 0 Å². The Morgan fingerprint density at radius 1 is 1.12 bits per heavy atom. The van der Waals surface area contributed by atoms with Gasteiger partial charge in [-0.15, -0.1) is 0 Å². The van der Waals surface area contributed by atoms with E-state index in [1.54, 1.807) is 0 Å². The first-order valence-corrected chi connectivity index (χ1v) is 5.56. The highest BCUT2D eigenvalue weighted by atomic mass is 16.5. The molecule has 0 aromatic heterocycles. The molecule has 1 aliphatic heterocycles. The SMILES string of the molecule is C=C1CN(c2ccc(CC)cc2)CC(=C)O1. The lowest BCUT2D eigenvalue weighted by Crippen LogP contribution is -2.33. The minimum atomic E-state index is 0.741. The van der Waals surface area contributed by atoms with Gasteiger partial charge in [0.2, 0.25) is 0 Å². The van der Waals surface area contributed by atoms with Gasteiger partial charge in [0.25, 0.3) is 0 Å². The molecule has 1 heterocycles. The van der Waals surface area contributed by atoms with Gasteiger partial charge in [0, 0.05) is 5.69 Å². The van der Waals surface area contributed by atoms with E-state index in [1.807, 2.05) is 0 Å². The molecule has 0 radical (unpaired) electrons. The second kappa shape index (κ2) is 4.44. The zero-order valence-electron chi connectivity index (χ0n) is 9.70. The van der Waals surface area contributed by atoms with Crippen LogP contribution in [-0.4, -0.2) is 13.1 Å². The second-order valence-corrected chi connectivity index (χ2v) is 4.06. The van der Waals surface area contributed by atoms with Gasteiger partial charge in [-0.05, 0) is 24.1 Å². The lowest BCUT2D eigenvalue weighted by molar-refractivity contribution is 0.272. The summed E-state index contributed by atoms with van der Waals surface area (Å²) in [6.45, 7) is 11.3. The number of hydrogen-bond acceptors (Lipinski definition) is 2. The largest absolute Gasteiger partial charge is 0.464 e.